The lowest BCUT2D eigenvalue weighted by molar-refractivity contribution is -0.137. The van der Waals surface area contributed by atoms with Gasteiger partial charge in [-0.25, -0.2) is 4.98 Å². The number of halogens is 3. The van der Waals surface area contributed by atoms with Gasteiger partial charge in [0.1, 0.15) is 17.6 Å². The number of hydrogen-bond acceptors (Lipinski definition) is 9. The average Bonchev–Trinajstić information content (AvgIpc) is 3.41. The summed E-state index contributed by atoms with van der Waals surface area (Å²) in [6.45, 7) is 1.23. The summed E-state index contributed by atoms with van der Waals surface area (Å²) in [6, 6.07) is 4.96. The number of amides is 1. The van der Waals surface area contributed by atoms with Crippen molar-refractivity contribution in [2.45, 2.75) is 44.4 Å². The van der Waals surface area contributed by atoms with Gasteiger partial charge in [-0.2, -0.15) is 23.1 Å². The monoisotopic (exact) mass is 545 g/mol. The molecule has 6 rings (SSSR count). The first-order valence-electron chi connectivity index (χ1n) is 12.2. The Balaban J connectivity index is 1.16. The van der Waals surface area contributed by atoms with Crippen LogP contribution in [0.1, 0.15) is 37.1 Å². The SMILES string of the molecule is O=C(NC1CC1)C1CCN(c2nc3ncn(Cc4nc(-c5cccc(C(F)(F)F)c5)no4)c(=O)c3s2)CC1. The number of nitrogens with zero attached hydrogens (tertiary/aromatic N) is 6. The van der Waals surface area contributed by atoms with Crippen molar-refractivity contribution in [3.8, 4) is 11.4 Å². The highest BCUT2D eigenvalue weighted by Crippen LogP contribution is 2.32. The predicted octanol–water partition coefficient (Wildman–Crippen LogP) is 3.47. The van der Waals surface area contributed by atoms with Crippen molar-refractivity contribution in [2.24, 2.45) is 5.92 Å². The van der Waals surface area contributed by atoms with Crippen molar-refractivity contribution in [1.29, 1.82) is 0 Å². The first-order chi connectivity index (χ1) is 18.2. The Morgan fingerprint density at radius 3 is 2.68 bits per heavy atom. The van der Waals surface area contributed by atoms with E-state index in [1.165, 1.54) is 34.4 Å². The normalized spacial score (nSPS) is 16.8. The second-order valence-corrected chi connectivity index (χ2v) is 10.4. The van der Waals surface area contributed by atoms with Crippen LogP contribution < -0.4 is 15.8 Å². The van der Waals surface area contributed by atoms with Crippen LogP contribution in [-0.2, 0) is 17.5 Å². The molecule has 0 atom stereocenters. The van der Waals surface area contributed by atoms with E-state index in [4.69, 9.17) is 4.52 Å². The average molecular weight is 546 g/mol. The van der Waals surface area contributed by atoms with E-state index in [9.17, 15) is 22.8 Å². The summed E-state index contributed by atoms with van der Waals surface area (Å²) < 4.78 is 45.9. The zero-order chi connectivity index (χ0) is 26.4. The van der Waals surface area contributed by atoms with E-state index in [0.717, 1.165) is 37.8 Å². The molecule has 10 nitrogen and oxygen atoms in total. The number of carbonyl (C=O) groups is 1. The lowest BCUT2D eigenvalue weighted by atomic mass is 9.96. The maximum absolute atomic E-state index is 13.1. The van der Waals surface area contributed by atoms with E-state index in [0.29, 0.717) is 34.6 Å². The van der Waals surface area contributed by atoms with Crippen molar-refractivity contribution >= 4 is 32.7 Å². The highest BCUT2D eigenvalue weighted by atomic mass is 32.1. The molecule has 3 aromatic heterocycles. The molecular weight excluding hydrogens is 523 g/mol. The molecule has 1 saturated carbocycles. The lowest BCUT2D eigenvalue weighted by Crippen LogP contribution is -2.41. The Bertz CT molecular complexity index is 1550. The standard InChI is InChI=1S/C24H22F3N7O3S/c25-24(26,27)15-3-1-2-14(10-15)19-30-17(37-32-19)11-34-12-28-20-18(22(34)36)38-23(31-20)33-8-6-13(7-9-33)21(35)29-16-4-5-16/h1-3,10,12-13,16H,4-9,11H2,(H,29,35). The minimum Gasteiger partial charge on any atom is -0.353 e. The molecule has 1 aliphatic heterocycles. The van der Waals surface area contributed by atoms with Gasteiger partial charge in [0, 0.05) is 30.6 Å². The van der Waals surface area contributed by atoms with Gasteiger partial charge in [-0.1, -0.05) is 28.6 Å². The molecule has 1 amide bonds. The van der Waals surface area contributed by atoms with Crippen LogP contribution in [0.3, 0.4) is 0 Å². The Kier molecular flexibility index (Phi) is 6.13. The number of hydrogen-bond donors (Lipinski definition) is 1. The number of anilines is 1. The number of rotatable bonds is 6. The van der Waals surface area contributed by atoms with E-state index in [2.05, 4.69) is 30.3 Å². The zero-order valence-corrected chi connectivity index (χ0v) is 20.8. The van der Waals surface area contributed by atoms with Gasteiger partial charge in [0.25, 0.3) is 5.56 Å². The summed E-state index contributed by atoms with van der Waals surface area (Å²) >= 11 is 1.24. The number of piperidine rings is 1. The number of carbonyl (C=O) groups excluding carboxylic acids is 1. The molecule has 2 fully saturated rings. The number of aromatic nitrogens is 5. The van der Waals surface area contributed by atoms with Gasteiger partial charge in [0.15, 0.2) is 10.8 Å². The Morgan fingerprint density at radius 1 is 1.16 bits per heavy atom. The van der Waals surface area contributed by atoms with E-state index >= 15 is 0 Å². The maximum Gasteiger partial charge on any atom is 0.416 e. The summed E-state index contributed by atoms with van der Waals surface area (Å²) in [5, 5.41) is 7.51. The molecule has 1 aromatic carbocycles. The number of fused-ring (bicyclic) bond motifs is 1. The van der Waals surface area contributed by atoms with Crippen LogP contribution >= 0.6 is 11.3 Å². The fourth-order valence-electron chi connectivity index (χ4n) is 4.38. The molecule has 1 aliphatic carbocycles. The molecule has 4 heterocycles. The predicted molar refractivity (Wildman–Crippen MR) is 132 cm³/mol. The number of thiazole rings is 1. The van der Waals surface area contributed by atoms with Crippen molar-refractivity contribution in [2.75, 3.05) is 18.0 Å². The molecule has 0 radical (unpaired) electrons. The number of nitrogens with one attached hydrogen (secondary N) is 1. The second-order valence-electron chi connectivity index (χ2n) is 9.46. The number of alkyl halides is 3. The van der Waals surface area contributed by atoms with Crippen LogP contribution in [0.2, 0.25) is 0 Å². The molecule has 1 saturated heterocycles. The van der Waals surface area contributed by atoms with Gasteiger partial charge in [-0.15, -0.1) is 0 Å². The number of benzene rings is 1. The van der Waals surface area contributed by atoms with E-state index in [1.54, 1.807) is 0 Å². The van der Waals surface area contributed by atoms with Gasteiger partial charge in [-0.3, -0.25) is 14.2 Å². The first-order valence-corrected chi connectivity index (χ1v) is 13.0. The minimum atomic E-state index is -4.49. The summed E-state index contributed by atoms with van der Waals surface area (Å²) in [6.07, 6.45) is 0.394. The smallest absolute Gasteiger partial charge is 0.353 e. The van der Waals surface area contributed by atoms with Crippen molar-refractivity contribution < 1.29 is 22.5 Å². The van der Waals surface area contributed by atoms with Crippen LogP contribution in [0.15, 0.2) is 39.9 Å². The van der Waals surface area contributed by atoms with Crippen LogP contribution in [-0.4, -0.2) is 49.7 Å². The van der Waals surface area contributed by atoms with Crippen LogP contribution in [0.4, 0.5) is 18.3 Å². The summed E-state index contributed by atoms with van der Waals surface area (Å²) in [4.78, 5) is 40.5. The highest BCUT2D eigenvalue weighted by Gasteiger charge is 2.32. The minimum absolute atomic E-state index is 0.00758. The Labute approximate surface area is 217 Å². The topological polar surface area (TPSA) is 119 Å². The summed E-state index contributed by atoms with van der Waals surface area (Å²) in [5.74, 6) is 0.157. The van der Waals surface area contributed by atoms with Crippen molar-refractivity contribution in [3.63, 3.8) is 0 Å². The second kappa shape index (κ2) is 9.49. The zero-order valence-electron chi connectivity index (χ0n) is 19.9. The van der Waals surface area contributed by atoms with E-state index < -0.39 is 11.7 Å². The summed E-state index contributed by atoms with van der Waals surface area (Å²) in [5.41, 5.74) is -0.679. The third-order valence-corrected chi connectivity index (χ3v) is 7.75. The third-order valence-electron chi connectivity index (χ3n) is 6.65. The molecule has 2 aliphatic rings. The molecule has 14 heteroatoms. The highest BCUT2D eigenvalue weighted by molar-refractivity contribution is 7.22. The van der Waals surface area contributed by atoms with Crippen LogP contribution in [0, 0.1) is 5.92 Å². The fourth-order valence-corrected chi connectivity index (χ4v) is 5.40. The molecule has 4 aromatic rings. The molecule has 0 bridgehead atoms. The van der Waals surface area contributed by atoms with Gasteiger partial charge < -0.3 is 14.7 Å². The van der Waals surface area contributed by atoms with Crippen LogP contribution in [0.25, 0.3) is 21.7 Å². The van der Waals surface area contributed by atoms with E-state index in [1.807, 2.05) is 0 Å². The van der Waals surface area contributed by atoms with Gasteiger partial charge in [0.05, 0.1) is 5.56 Å². The quantitative estimate of drug-likeness (QED) is 0.391. The maximum atomic E-state index is 13.1. The Hall–Kier alpha value is -3.81. The molecule has 1 N–H and O–H groups in total. The van der Waals surface area contributed by atoms with Crippen molar-refractivity contribution in [1.82, 2.24) is 30.0 Å². The third kappa shape index (κ3) is 4.99. The first kappa shape index (κ1) is 24.5. The fraction of sp³-hybridized carbons (Fsp3) is 0.417. The molecule has 198 valence electrons. The van der Waals surface area contributed by atoms with Crippen LogP contribution in [0.5, 0.6) is 0 Å². The largest absolute Gasteiger partial charge is 0.416 e. The molecule has 0 spiro atoms. The molecule has 0 unspecified atom stereocenters. The van der Waals surface area contributed by atoms with Gasteiger partial charge >= 0.3 is 6.18 Å². The Morgan fingerprint density at radius 2 is 1.95 bits per heavy atom. The van der Waals surface area contributed by atoms with Gasteiger partial charge in [0.2, 0.25) is 17.6 Å². The van der Waals surface area contributed by atoms with Gasteiger partial charge in [-0.05, 0) is 37.8 Å². The lowest BCUT2D eigenvalue weighted by Gasteiger charge is -2.30. The molecule has 38 heavy (non-hydrogen) atoms. The van der Waals surface area contributed by atoms with Crippen molar-refractivity contribution in [3.05, 3.63) is 52.4 Å². The molecular formula is C24H22F3N7O3S. The summed E-state index contributed by atoms with van der Waals surface area (Å²) in [7, 11) is 0. The van der Waals surface area contributed by atoms with E-state index in [-0.39, 0.29) is 41.2 Å².